The highest BCUT2D eigenvalue weighted by atomic mass is 127. The van der Waals surface area contributed by atoms with Gasteiger partial charge in [0.25, 0.3) is 5.88 Å². The maximum Gasteiger partial charge on any atom is 0.395 e. The monoisotopic (exact) mass is 459 g/mol. The highest BCUT2D eigenvalue weighted by Crippen LogP contribution is 2.34. The van der Waals surface area contributed by atoms with Crippen LogP contribution in [0.5, 0.6) is 17.4 Å². The minimum Gasteiger partial charge on any atom is -0.493 e. The number of hydrogen-bond acceptors (Lipinski definition) is 7. The molecule has 1 heterocycles. The topological polar surface area (TPSA) is 128 Å². The van der Waals surface area contributed by atoms with E-state index in [0.717, 1.165) is 9.13 Å². The Kier molecular flexibility index (Phi) is 5.96. The van der Waals surface area contributed by atoms with Gasteiger partial charge in [-0.2, -0.15) is 4.98 Å². The van der Waals surface area contributed by atoms with Crippen molar-refractivity contribution in [3.05, 3.63) is 47.6 Å². The number of aromatic nitrogens is 2. The van der Waals surface area contributed by atoms with E-state index in [1.807, 2.05) is 13.0 Å². The quantitative estimate of drug-likeness (QED) is 0.386. The number of nitrogens with zero attached hydrogens (tertiary/aromatic N) is 2. The van der Waals surface area contributed by atoms with Crippen molar-refractivity contribution >= 4 is 40.4 Å². The summed E-state index contributed by atoms with van der Waals surface area (Å²) in [5.41, 5.74) is -1.30. The Labute approximate surface area is 155 Å². The lowest BCUT2D eigenvalue weighted by atomic mass is 10.2. The SMILES string of the molecule is CCOc1c(I)cc(C=Cc2nc(O)c([N+](=O)[O-])c(=O)[nH]2)cc1OC. The first kappa shape index (κ1) is 18.7. The van der Waals surface area contributed by atoms with E-state index in [0.29, 0.717) is 18.1 Å². The summed E-state index contributed by atoms with van der Waals surface area (Å²) in [6.07, 6.45) is 3.03. The number of aromatic amines is 1. The second kappa shape index (κ2) is 7.96. The zero-order chi connectivity index (χ0) is 18.6. The normalized spacial score (nSPS) is 10.8. The fourth-order valence-corrected chi connectivity index (χ4v) is 2.79. The molecule has 0 saturated heterocycles. The van der Waals surface area contributed by atoms with Gasteiger partial charge >= 0.3 is 11.2 Å². The number of methoxy groups -OCH3 is 1. The molecule has 0 radical (unpaired) electrons. The molecule has 1 aromatic heterocycles. The highest BCUT2D eigenvalue weighted by Gasteiger charge is 2.21. The highest BCUT2D eigenvalue weighted by molar-refractivity contribution is 14.1. The number of benzene rings is 1. The summed E-state index contributed by atoms with van der Waals surface area (Å²) >= 11 is 2.11. The van der Waals surface area contributed by atoms with Crippen LogP contribution in [0.4, 0.5) is 5.69 Å². The van der Waals surface area contributed by atoms with Crippen LogP contribution in [0.2, 0.25) is 0 Å². The second-order valence-electron chi connectivity index (χ2n) is 4.68. The standard InChI is InChI=1S/C15H14IN3O6/c1-3-25-13-9(16)6-8(7-10(13)24-2)4-5-11-17-14(20)12(19(22)23)15(21)18-11/h4-7H,3H2,1-2H3,(H2,17,18,20,21). The van der Waals surface area contributed by atoms with Gasteiger partial charge in [-0.05, 0) is 53.3 Å². The summed E-state index contributed by atoms with van der Waals surface area (Å²) < 4.78 is 11.7. The fraction of sp³-hybridized carbons (Fsp3) is 0.200. The van der Waals surface area contributed by atoms with Crippen molar-refractivity contribution in [2.45, 2.75) is 6.92 Å². The van der Waals surface area contributed by atoms with Crippen molar-refractivity contribution in [2.24, 2.45) is 0 Å². The Balaban J connectivity index is 2.38. The smallest absolute Gasteiger partial charge is 0.395 e. The van der Waals surface area contributed by atoms with Gasteiger partial charge in [-0.25, -0.2) is 0 Å². The average molecular weight is 459 g/mol. The van der Waals surface area contributed by atoms with Crippen LogP contribution in [-0.4, -0.2) is 33.7 Å². The van der Waals surface area contributed by atoms with Crippen molar-refractivity contribution < 1.29 is 19.5 Å². The van der Waals surface area contributed by atoms with Gasteiger partial charge in [-0.15, -0.1) is 0 Å². The molecule has 0 amide bonds. The van der Waals surface area contributed by atoms with Crippen molar-refractivity contribution in [1.29, 1.82) is 0 Å². The third-order valence-corrected chi connectivity index (χ3v) is 3.85. The lowest BCUT2D eigenvalue weighted by Crippen LogP contribution is -2.14. The molecule has 0 fully saturated rings. The average Bonchev–Trinajstić information content (AvgIpc) is 2.54. The van der Waals surface area contributed by atoms with Crippen LogP contribution in [0, 0.1) is 13.7 Å². The predicted molar refractivity (Wildman–Crippen MR) is 99.0 cm³/mol. The van der Waals surface area contributed by atoms with E-state index >= 15 is 0 Å². The van der Waals surface area contributed by atoms with Crippen LogP contribution in [0.15, 0.2) is 16.9 Å². The second-order valence-corrected chi connectivity index (χ2v) is 5.84. The maximum absolute atomic E-state index is 11.6. The Hall–Kier alpha value is -2.63. The first-order chi connectivity index (χ1) is 11.9. The van der Waals surface area contributed by atoms with E-state index < -0.39 is 22.0 Å². The van der Waals surface area contributed by atoms with Crippen LogP contribution in [0.25, 0.3) is 12.2 Å². The number of rotatable bonds is 6. The van der Waals surface area contributed by atoms with E-state index in [1.165, 1.54) is 13.2 Å². The van der Waals surface area contributed by atoms with Gasteiger partial charge < -0.3 is 19.6 Å². The fourth-order valence-electron chi connectivity index (χ4n) is 2.01. The first-order valence-electron chi connectivity index (χ1n) is 7.03. The van der Waals surface area contributed by atoms with Crippen molar-refractivity contribution in [3.8, 4) is 17.4 Å². The molecule has 132 valence electrons. The molecule has 0 spiro atoms. The number of ether oxygens (including phenoxy) is 2. The number of nitrogens with one attached hydrogen (secondary N) is 1. The Morgan fingerprint density at radius 1 is 1.44 bits per heavy atom. The number of halogens is 1. The number of hydrogen-bond donors (Lipinski definition) is 2. The van der Waals surface area contributed by atoms with Gasteiger partial charge in [0.15, 0.2) is 11.5 Å². The van der Waals surface area contributed by atoms with Crippen LogP contribution in [0.1, 0.15) is 18.3 Å². The Morgan fingerprint density at radius 3 is 2.72 bits per heavy atom. The van der Waals surface area contributed by atoms with Crippen molar-refractivity contribution in [2.75, 3.05) is 13.7 Å². The summed E-state index contributed by atoms with van der Waals surface area (Å²) in [7, 11) is 1.52. The predicted octanol–water partition coefficient (Wildman–Crippen LogP) is 2.57. The van der Waals surface area contributed by atoms with Gasteiger partial charge in [0.05, 0.1) is 22.2 Å². The zero-order valence-corrected chi connectivity index (χ0v) is 15.4. The van der Waals surface area contributed by atoms with Crippen LogP contribution < -0.4 is 15.0 Å². The third-order valence-electron chi connectivity index (χ3n) is 3.05. The maximum atomic E-state index is 11.6. The molecule has 25 heavy (non-hydrogen) atoms. The lowest BCUT2D eigenvalue weighted by Gasteiger charge is -2.12. The molecule has 0 aliphatic rings. The van der Waals surface area contributed by atoms with Gasteiger partial charge in [0, 0.05) is 0 Å². The van der Waals surface area contributed by atoms with E-state index in [1.54, 1.807) is 12.1 Å². The van der Waals surface area contributed by atoms with E-state index in [2.05, 4.69) is 32.6 Å². The minimum absolute atomic E-state index is 0.0176. The van der Waals surface area contributed by atoms with Gasteiger partial charge in [-0.1, -0.05) is 6.08 Å². The van der Waals surface area contributed by atoms with Gasteiger partial charge in [0.1, 0.15) is 5.82 Å². The number of aromatic hydroxyl groups is 1. The van der Waals surface area contributed by atoms with Crippen LogP contribution in [0.3, 0.4) is 0 Å². The molecule has 0 unspecified atom stereocenters. The largest absolute Gasteiger partial charge is 0.493 e. The summed E-state index contributed by atoms with van der Waals surface area (Å²) in [6, 6.07) is 3.56. The molecule has 0 atom stereocenters. The molecule has 1 aromatic carbocycles. The van der Waals surface area contributed by atoms with Crippen LogP contribution >= 0.6 is 22.6 Å². The molecule has 2 rings (SSSR count). The molecular weight excluding hydrogens is 445 g/mol. The molecule has 0 bridgehead atoms. The number of H-pyrrole nitrogens is 1. The lowest BCUT2D eigenvalue weighted by molar-refractivity contribution is -0.387. The number of nitro groups is 1. The minimum atomic E-state index is -1.03. The van der Waals surface area contributed by atoms with E-state index in [-0.39, 0.29) is 5.82 Å². The Morgan fingerprint density at radius 2 is 2.16 bits per heavy atom. The summed E-state index contributed by atoms with van der Waals surface area (Å²) in [4.78, 5) is 27.1. The summed E-state index contributed by atoms with van der Waals surface area (Å²) in [5, 5.41) is 20.2. The van der Waals surface area contributed by atoms with Gasteiger partial charge in [-0.3, -0.25) is 14.9 Å². The molecule has 0 saturated carbocycles. The Bertz CT molecular complexity index is 894. The zero-order valence-electron chi connectivity index (χ0n) is 13.3. The molecular formula is C15H14IN3O6. The summed E-state index contributed by atoms with van der Waals surface area (Å²) in [5.74, 6) is 0.215. The molecule has 0 aliphatic carbocycles. The summed E-state index contributed by atoms with van der Waals surface area (Å²) in [6.45, 7) is 2.36. The molecule has 2 aromatic rings. The molecule has 0 aliphatic heterocycles. The van der Waals surface area contributed by atoms with E-state index in [9.17, 15) is 20.0 Å². The van der Waals surface area contributed by atoms with Crippen molar-refractivity contribution in [3.63, 3.8) is 0 Å². The molecule has 2 N–H and O–H groups in total. The molecule has 9 nitrogen and oxygen atoms in total. The first-order valence-corrected chi connectivity index (χ1v) is 8.11. The molecule has 10 heteroatoms. The third kappa shape index (κ3) is 4.26. The van der Waals surface area contributed by atoms with Crippen molar-refractivity contribution in [1.82, 2.24) is 9.97 Å². The van der Waals surface area contributed by atoms with Crippen LogP contribution in [-0.2, 0) is 0 Å². The van der Waals surface area contributed by atoms with E-state index in [4.69, 9.17) is 9.47 Å². The van der Waals surface area contributed by atoms with Gasteiger partial charge in [0.2, 0.25) is 0 Å².